The molecule has 3 aromatic rings. The molecule has 0 amide bonds. The van der Waals surface area contributed by atoms with Crippen molar-refractivity contribution in [1.29, 1.82) is 0 Å². The fourth-order valence-corrected chi connectivity index (χ4v) is 1.99. The summed E-state index contributed by atoms with van der Waals surface area (Å²) in [5, 5.41) is 10.6. The van der Waals surface area contributed by atoms with Gasteiger partial charge in [-0.05, 0) is 18.4 Å². The molecule has 0 aliphatic carbocycles. The van der Waals surface area contributed by atoms with E-state index in [1.165, 1.54) is 4.80 Å². The van der Waals surface area contributed by atoms with Crippen molar-refractivity contribution in [3.05, 3.63) is 53.9 Å². The molecule has 0 spiro atoms. The summed E-state index contributed by atoms with van der Waals surface area (Å²) < 4.78 is 0. The van der Waals surface area contributed by atoms with E-state index in [-0.39, 0.29) is 0 Å². The molecule has 4 nitrogen and oxygen atoms in total. The summed E-state index contributed by atoms with van der Waals surface area (Å²) in [6.45, 7) is 1.78. The molecule has 0 saturated carbocycles. The Hall–Kier alpha value is -2.49. The van der Waals surface area contributed by atoms with Gasteiger partial charge in [0.25, 0.3) is 0 Å². The van der Waals surface area contributed by atoms with E-state index in [4.69, 9.17) is 0 Å². The number of hydrogen-bond acceptors (Lipinski definition) is 3. The van der Waals surface area contributed by atoms with E-state index in [1.807, 2.05) is 42.5 Å². The lowest BCUT2D eigenvalue weighted by Gasteiger charge is -2.04. The Labute approximate surface area is 104 Å². The largest absolute Gasteiger partial charge is 0.296 e. The van der Waals surface area contributed by atoms with E-state index in [2.05, 4.69) is 10.2 Å². The van der Waals surface area contributed by atoms with Gasteiger partial charge < -0.3 is 0 Å². The van der Waals surface area contributed by atoms with Crippen LogP contribution in [0.4, 0.5) is 0 Å². The van der Waals surface area contributed by atoms with E-state index in [0.717, 1.165) is 22.7 Å². The van der Waals surface area contributed by atoms with Crippen LogP contribution in [-0.2, 0) is 0 Å². The lowest BCUT2D eigenvalue weighted by Crippen LogP contribution is -2.00. The van der Waals surface area contributed by atoms with Gasteiger partial charge in [0.05, 0.1) is 11.4 Å². The lowest BCUT2D eigenvalue weighted by atomic mass is 10.1. The monoisotopic (exact) mass is 237 g/mol. The van der Waals surface area contributed by atoms with Crippen LogP contribution in [0.5, 0.6) is 0 Å². The highest BCUT2D eigenvalue weighted by atomic mass is 16.1. The van der Waals surface area contributed by atoms with Crippen LogP contribution in [0.15, 0.2) is 42.5 Å². The molecule has 4 heteroatoms. The zero-order valence-corrected chi connectivity index (χ0v) is 9.87. The van der Waals surface area contributed by atoms with Gasteiger partial charge in [0.15, 0.2) is 6.29 Å². The van der Waals surface area contributed by atoms with Gasteiger partial charge in [-0.25, -0.2) is 0 Å². The molecule has 0 saturated heterocycles. The normalized spacial score (nSPS) is 10.7. The molecule has 0 N–H and O–H groups in total. The molecule has 2 aromatic carbocycles. The molecule has 1 heterocycles. The Balaban J connectivity index is 2.27. The third kappa shape index (κ3) is 1.59. The second-order valence-electron chi connectivity index (χ2n) is 4.08. The third-order valence-corrected chi connectivity index (χ3v) is 2.91. The van der Waals surface area contributed by atoms with E-state index in [9.17, 15) is 4.79 Å². The highest BCUT2D eigenvalue weighted by Crippen LogP contribution is 2.21. The van der Waals surface area contributed by atoms with Gasteiger partial charge in [-0.15, -0.1) is 5.10 Å². The van der Waals surface area contributed by atoms with Gasteiger partial charge in [0, 0.05) is 5.39 Å². The van der Waals surface area contributed by atoms with Crippen LogP contribution in [0.1, 0.15) is 16.2 Å². The Morgan fingerprint density at radius 3 is 2.61 bits per heavy atom. The molecule has 0 unspecified atom stereocenters. The maximum absolute atomic E-state index is 10.8. The molecule has 0 aliphatic rings. The number of aryl methyl sites for hydroxylation is 1. The van der Waals surface area contributed by atoms with Crippen molar-refractivity contribution in [2.75, 3.05) is 0 Å². The maximum atomic E-state index is 10.8. The lowest BCUT2D eigenvalue weighted by molar-refractivity contribution is 0.111. The number of hydrogen-bond donors (Lipinski definition) is 0. The number of aromatic nitrogens is 3. The van der Waals surface area contributed by atoms with Crippen molar-refractivity contribution in [3.8, 4) is 5.69 Å². The first-order chi connectivity index (χ1) is 8.79. The minimum Gasteiger partial charge on any atom is -0.296 e. The van der Waals surface area contributed by atoms with E-state index in [1.54, 1.807) is 6.92 Å². The van der Waals surface area contributed by atoms with Crippen LogP contribution in [0, 0.1) is 6.92 Å². The fourth-order valence-electron chi connectivity index (χ4n) is 1.99. The summed E-state index contributed by atoms with van der Waals surface area (Å²) in [5.74, 6) is 0. The molecule has 0 fully saturated rings. The Kier molecular flexibility index (Phi) is 2.41. The molecule has 0 radical (unpaired) electrons. The van der Waals surface area contributed by atoms with Crippen molar-refractivity contribution in [2.45, 2.75) is 6.92 Å². The maximum Gasteiger partial charge on any atom is 0.172 e. The number of nitrogens with zero attached hydrogens (tertiary/aromatic N) is 3. The predicted molar refractivity (Wildman–Crippen MR) is 69.0 cm³/mol. The molecular weight excluding hydrogens is 226 g/mol. The van der Waals surface area contributed by atoms with E-state index < -0.39 is 0 Å². The highest BCUT2D eigenvalue weighted by molar-refractivity contribution is 5.89. The summed E-state index contributed by atoms with van der Waals surface area (Å²) in [6.07, 6.45) is 0.726. The van der Waals surface area contributed by atoms with Crippen molar-refractivity contribution < 1.29 is 4.79 Å². The second kappa shape index (κ2) is 4.07. The zero-order chi connectivity index (χ0) is 12.5. The average molecular weight is 237 g/mol. The average Bonchev–Trinajstić information content (AvgIpc) is 2.79. The summed E-state index contributed by atoms with van der Waals surface area (Å²) in [6, 6.07) is 14.0. The van der Waals surface area contributed by atoms with Crippen LogP contribution < -0.4 is 0 Å². The van der Waals surface area contributed by atoms with Gasteiger partial charge in [-0.1, -0.05) is 36.4 Å². The van der Waals surface area contributed by atoms with Crippen LogP contribution in [0.3, 0.4) is 0 Å². The molecule has 88 valence electrons. The molecule has 1 aromatic heterocycles. The molecule has 3 rings (SSSR count). The predicted octanol–water partition coefficient (Wildman–Crippen LogP) is 2.54. The summed E-state index contributed by atoms with van der Waals surface area (Å²) >= 11 is 0. The highest BCUT2D eigenvalue weighted by Gasteiger charge is 2.09. The topological polar surface area (TPSA) is 47.8 Å². The summed E-state index contributed by atoms with van der Waals surface area (Å²) in [7, 11) is 0. The van der Waals surface area contributed by atoms with E-state index >= 15 is 0 Å². The fraction of sp³-hybridized carbons (Fsp3) is 0.0714. The quantitative estimate of drug-likeness (QED) is 0.643. The Bertz CT molecular complexity index is 725. The minimum absolute atomic E-state index is 0.378. The Morgan fingerprint density at radius 2 is 1.83 bits per heavy atom. The number of rotatable bonds is 2. The number of carbonyl (C=O) groups excluding carboxylic acids is 1. The molecular formula is C14H11N3O. The van der Waals surface area contributed by atoms with Crippen molar-refractivity contribution in [1.82, 2.24) is 15.0 Å². The van der Waals surface area contributed by atoms with Crippen LogP contribution >= 0.6 is 0 Å². The van der Waals surface area contributed by atoms with Gasteiger partial charge in [-0.3, -0.25) is 4.79 Å². The first-order valence-corrected chi connectivity index (χ1v) is 5.67. The number of aldehydes is 1. The van der Waals surface area contributed by atoms with Crippen LogP contribution in [-0.4, -0.2) is 21.3 Å². The van der Waals surface area contributed by atoms with Gasteiger partial charge in [0.1, 0.15) is 5.69 Å². The summed E-state index contributed by atoms with van der Waals surface area (Å²) in [5.41, 5.74) is 1.89. The van der Waals surface area contributed by atoms with Crippen molar-refractivity contribution in [3.63, 3.8) is 0 Å². The smallest absolute Gasteiger partial charge is 0.172 e. The van der Waals surface area contributed by atoms with Crippen LogP contribution in [0.2, 0.25) is 0 Å². The van der Waals surface area contributed by atoms with Gasteiger partial charge in [-0.2, -0.15) is 9.90 Å². The summed E-state index contributed by atoms with van der Waals surface area (Å²) in [4.78, 5) is 12.3. The van der Waals surface area contributed by atoms with Crippen molar-refractivity contribution in [2.24, 2.45) is 0 Å². The van der Waals surface area contributed by atoms with Gasteiger partial charge >= 0.3 is 0 Å². The molecule has 0 aliphatic heterocycles. The van der Waals surface area contributed by atoms with Crippen LogP contribution in [0.25, 0.3) is 16.5 Å². The van der Waals surface area contributed by atoms with Gasteiger partial charge in [0.2, 0.25) is 0 Å². The molecule has 0 bridgehead atoms. The Morgan fingerprint density at radius 1 is 1.06 bits per heavy atom. The number of carbonyl (C=O) groups is 1. The zero-order valence-electron chi connectivity index (χ0n) is 9.87. The standard InChI is InChI=1S/C14H11N3O/c1-10-13(9-18)16-17(15-10)14-8-4-6-11-5-2-3-7-12(11)14/h2-9H,1H3. The minimum atomic E-state index is 0.378. The SMILES string of the molecule is Cc1nn(-c2cccc3ccccc23)nc1C=O. The third-order valence-electron chi connectivity index (χ3n) is 2.91. The first-order valence-electron chi connectivity index (χ1n) is 5.67. The second-order valence-corrected chi connectivity index (χ2v) is 4.08. The van der Waals surface area contributed by atoms with Crippen molar-refractivity contribution >= 4 is 17.1 Å². The molecule has 18 heavy (non-hydrogen) atoms. The first kappa shape index (κ1) is 10.7. The molecule has 0 atom stereocenters. The van der Waals surface area contributed by atoms with E-state index in [0.29, 0.717) is 11.4 Å². The number of benzene rings is 2. The number of fused-ring (bicyclic) bond motifs is 1.